The van der Waals surface area contributed by atoms with Crippen molar-refractivity contribution in [2.75, 3.05) is 5.73 Å². The van der Waals surface area contributed by atoms with Gasteiger partial charge in [-0.25, -0.2) is 19.5 Å². The second kappa shape index (κ2) is 6.11. The molecule has 12 nitrogen and oxygen atoms in total. The van der Waals surface area contributed by atoms with Crippen LogP contribution < -0.4 is 5.73 Å². The second-order valence-corrected chi connectivity index (χ2v) is 6.80. The lowest BCUT2D eigenvalue weighted by Crippen LogP contribution is -2.19. The molecule has 3 heterocycles. The number of carbonyl (C=O) groups excluding carboxylic acids is 1. The van der Waals surface area contributed by atoms with Gasteiger partial charge in [0.25, 0.3) is 4.69 Å². The van der Waals surface area contributed by atoms with E-state index in [9.17, 15) is 14.5 Å². The highest BCUT2D eigenvalue weighted by Gasteiger charge is 2.40. The van der Waals surface area contributed by atoms with Gasteiger partial charge >= 0.3 is 7.82 Å². The highest BCUT2D eigenvalue weighted by atomic mass is 79.9. The number of aliphatic hydroxyl groups is 1. The Bertz CT molecular complexity index is 853. The molecule has 2 aromatic heterocycles. The molecule has 0 spiro atoms. The maximum absolute atomic E-state index is 11.4. The Hall–Kier alpha value is -1.47. The summed E-state index contributed by atoms with van der Waals surface area (Å²) in [5.74, 6) is -0.255. The maximum atomic E-state index is 11.4. The van der Waals surface area contributed by atoms with Crippen molar-refractivity contribution in [3.05, 3.63) is 12.2 Å². The minimum absolute atomic E-state index is 0.0444. The van der Waals surface area contributed by atoms with Gasteiger partial charge in [-0.3, -0.25) is 13.9 Å². The number of hydrogen-bond acceptors (Lipinski definition) is 9. The summed E-state index contributed by atoms with van der Waals surface area (Å²) in [6, 6.07) is 0. The van der Waals surface area contributed by atoms with Gasteiger partial charge in [-0.2, -0.15) is 0 Å². The van der Waals surface area contributed by atoms with Crippen molar-refractivity contribution in [3.63, 3.8) is 0 Å². The number of nitrogens with two attached hydrogens (primary N) is 1. The highest BCUT2D eigenvalue weighted by molar-refractivity contribution is 9.18. The van der Waals surface area contributed by atoms with Gasteiger partial charge < -0.3 is 25.4 Å². The molecule has 1 saturated heterocycles. The van der Waals surface area contributed by atoms with Crippen molar-refractivity contribution in [1.29, 1.82) is 0 Å². The molecule has 3 rings (SSSR count). The van der Waals surface area contributed by atoms with Crippen molar-refractivity contribution in [2.24, 2.45) is 0 Å². The van der Waals surface area contributed by atoms with E-state index in [-0.39, 0.29) is 29.2 Å². The van der Waals surface area contributed by atoms with Crippen LogP contribution in [0.4, 0.5) is 5.82 Å². The Morgan fingerprint density at radius 3 is 2.83 bits per heavy atom. The molecule has 14 heteroatoms. The minimum Gasteiger partial charge on any atom is -0.388 e. The molecular formula is C10H11BrN5O7P. The van der Waals surface area contributed by atoms with Gasteiger partial charge in [-0.1, -0.05) is 0 Å². The average Bonchev–Trinajstić information content (AvgIpc) is 3.00. The van der Waals surface area contributed by atoms with E-state index in [1.165, 1.54) is 10.9 Å². The van der Waals surface area contributed by atoms with Crippen LogP contribution in [0.5, 0.6) is 0 Å². The molecule has 0 aliphatic carbocycles. The second-order valence-electron chi connectivity index (χ2n) is 4.89. The molecule has 1 aliphatic heterocycles. The summed E-state index contributed by atoms with van der Waals surface area (Å²) in [7, 11) is -4.78. The number of carbonyl (C=O) groups is 1. The zero-order valence-corrected chi connectivity index (χ0v) is 14.2. The van der Waals surface area contributed by atoms with Gasteiger partial charge in [-0.15, -0.1) is 0 Å². The molecule has 0 aromatic carbocycles. The van der Waals surface area contributed by atoms with Gasteiger partial charge in [0.2, 0.25) is 5.82 Å². The van der Waals surface area contributed by atoms with Crippen molar-refractivity contribution in [1.82, 2.24) is 19.5 Å². The van der Waals surface area contributed by atoms with Crippen LogP contribution in [-0.2, 0) is 13.8 Å². The van der Waals surface area contributed by atoms with Gasteiger partial charge in [0.1, 0.15) is 11.6 Å². The number of imidazole rings is 1. The Morgan fingerprint density at radius 2 is 2.21 bits per heavy atom. The maximum Gasteiger partial charge on any atom is 0.471 e. The largest absolute Gasteiger partial charge is 0.471 e. The molecule has 0 amide bonds. The highest BCUT2D eigenvalue weighted by Crippen LogP contribution is 2.43. The number of phosphoric acid groups is 1. The number of aromatic nitrogens is 4. The van der Waals surface area contributed by atoms with Crippen molar-refractivity contribution < 1.29 is 33.5 Å². The summed E-state index contributed by atoms with van der Waals surface area (Å²) in [5.41, 5.74) is 6.02. The van der Waals surface area contributed by atoms with E-state index >= 15 is 0 Å². The van der Waals surface area contributed by atoms with Crippen LogP contribution in [0.1, 0.15) is 23.3 Å². The van der Waals surface area contributed by atoms with E-state index in [4.69, 9.17) is 20.3 Å². The number of nitrogen functional groups attached to an aromatic ring is 1. The molecule has 1 fully saturated rings. The van der Waals surface area contributed by atoms with Crippen LogP contribution in [0, 0.1) is 0 Å². The summed E-state index contributed by atoms with van der Waals surface area (Å²) < 4.78 is 21.3. The Labute approximate surface area is 142 Å². The van der Waals surface area contributed by atoms with Gasteiger partial charge in [0.15, 0.2) is 24.0 Å². The van der Waals surface area contributed by atoms with Crippen LogP contribution in [0.15, 0.2) is 6.33 Å². The first-order valence-corrected chi connectivity index (χ1v) is 8.75. The average molecular weight is 424 g/mol. The summed E-state index contributed by atoms with van der Waals surface area (Å²) in [4.78, 5) is 40.8. The molecule has 130 valence electrons. The first-order valence-electron chi connectivity index (χ1n) is 6.43. The number of hydrogen-bond donors (Lipinski definition) is 4. The molecule has 3 atom stereocenters. The van der Waals surface area contributed by atoms with Crippen LogP contribution >= 0.6 is 23.8 Å². The van der Waals surface area contributed by atoms with Gasteiger partial charge in [0, 0.05) is 22.4 Å². The van der Waals surface area contributed by atoms with E-state index < -0.39 is 31.1 Å². The molecule has 0 radical (unpaired) electrons. The zero-order valence-electron chi connectivity index (χ0n) is 11.7. The Morgan fingerprint density at radius 1 is 1.50 bits per heavy atom. The fourth-order valence-electron chi connectivity index (χ4n) is 2.30. The van der Waals surface area contributed by atoms with E-state index in [2.05, 4.69) is 35.4 Å². The van der Waals surface area contributed by atoms with E-state index in [1.807, 2.05) is 0 Å². The fraction of sp³-hybridized carbons (Fsp3) is 0.400. The van der Waals surface area contributed by atoms with Crippen LogP contribution in [0.25, 0.3) is 11.2 Å². The zero-order chi connectivity index (χ0) is 17.6. The normalized spacial score (nSPS) is 24.6. The van der Waals surface area contributed by atoms with Crippen LogP contribution in [0.2, 0.25) is 0 Å². The number of halogens is 1. The van der Waals surface area contributed by atoms with E-state index in [0.29, 0.717) is 0 Å². The molecule has 0 saturated carbocycles. The molecule has 24 heavy (non-hydrogen) atoms. The standard InChI is InChI=1S/C10H11BrN5O7P/c11-6(18)8-14-7(12)5-9(15-8)16(2-13-5)10-3(17)1-4(22-10)23-24(19,20)21/h2-4,10,17H,1H2,(H2,12,14,15)(H2,19,20,21). The number of phosphoric ester groups is 1. The van der Waals surface area contributed by atoms with Crippen molar-refractivity contribution >= 4 is 45.4 Å². The fourth-order valence-corrected chi connectivity index (χ4v) is 2.92. The summed E-state index contributed by atoms with van der Waals surface area (Å²) in [6.07, 6.45) is -2.48. The first-order chi connectivity index (χ1) is 11.2. The number of rotatable bonds is 4. The third-order valence-corrected chi connectivity index (χ3v) is 4.07. The summed E-state index contributed by atoms with van der Waals surface area (Å²) in [5, 5.41) is 10.1. The molecule has 1 aliphatic rings. The Balaban J connectivity index is 1.97. The van der Waals surface area contributed by atoms with Gasteiger partial charge in [0.05, 0.1) is 6.33 Å². The van der Waals surface area contributed by atoms with E-state index in [1.54, 1.807) is 0 Å². The smallest absolute Gasteiger partial charge is 0.388 e. The third-order valence-electron chi connectivity index (χ3n) is 3.21. The number of nitrogens with zero attached hydrogens (tertiary/aromatic N) is 4. The number of ether oxygens (including phenoxy) is 1. The lowest BCUT2D eigenvalue weighted by Gasteiger charge is -2.17. The SMILES string of the molecule is Nc1nc(C(=O)Br)nc2c1ncn2C1OC(OP(=O)(O)O)CC1O. The van der Waals surface area contributed by atoms with Crippen molar-refractivity contribution in [3.8, 4) is 0 Å². The van der Waals surface area contributed by atoms with E-state index in [0.717, 1.165) is 0 Å². The summed E-state index contributed by atoms with van der Waals surface area (Å²) in [6.45, 7) is 0. The predicted octanol–water partition coefficient (Wildman–Crippen LogP) is -0.341. The van der Waals surface area contributed by atoms with Crippen LogP contribution in [0.3, 0.4) is 0 Å². The molecule has 2 aromatic rings. The summed E-state index contributed by atoms with van der Waals surface area (Å²) >= 11 is 2.72. The lowest BCUT2D eigenvalue weighted by molar-refractivity contribution is -0.114. The topological polar surface area (TPSA) is 183 Å². The number of aliphatic hydroxyl groups excluding tert-OH is 1. The molecule has 0 bridgehead atoms. The molecule has 3 unspecified atom stereocenters. The molecular weight excluding hydrogens is 413 g/mol. The monoisotopic (exact) mass is 423 g/mol. The van der Waals surface area contributed by atoms with Crippen LogP contribution in [-0.4, -0.2) is 51.5 Å². The molecule has 5 N–H and O–H groups in total. The lowest BCUT2D eigenvalue weighted by atomic mass is 10.2. The third kappa shape index (κ3) is 3.32. The quantitative estimate of drug-likeness (QED) is 0.372. The first kappa shape index (κ1) is 17.4. The van der Waals surface area contributed by atoms with Crippen molar-refractivity contribution in [2.45, 2.75) is 25.0 Å². The minimum atomic E-state index is -4.78. The predicted molar refractivity (Wildman–Crippen MR) is 80.7 cm³/mol. The number of anilines is 1. The Kier molecular flexibility index (Phi) is 4.42. The van der Waals surface area contributed by atoms with Gasteiger partial charge in [-0.05, 0) is 0 Å². The number of fused-ring (bicyclic) bond motifs is 1.